The number of hydrogen-bond donors (Lipinski definition) is 0. The third kappa shape index (κ3) is 3.28. The molecule has 24 heavy (non-hydrogen) atoms. The fraction of sp³-hybridized carbons (Fsp3) is 0.318. The van der Waals surface area contributed by atoms with E-state index in [0.717, 1.165) is 40.6 Å². The Bertz CT molecular complexity index is 844. The van der Waals surface area contributed by atoms with E-state index in [4.69, 9.17) is 0 Å². The fourth-order valence-electron chi connectivity index (χ4n) is 3.29. The highest BCUT2D eigenvalue weighted by Crippen LogP contribution is 2.25. The highest BCUT2D eigenvalue weighted by Gasteiger charge is 2.17. The van der Waals surface area contributed by atoms with Gasteiger partial charge in [-0.2, -0.15) is 0 Å². The second kappa shape index (κ2) is 7.48. The average molecular weight is 319 g/mol. The Kier molecular flexibility index (Phi) is 5.14. The second-order valence-corrected chi connectivity index (χ2v) is 6.46. The van der Waals surface area contributed by atoms with Gasteiger partial charge in [-0.15, -0.1) is 0 Å². The number of para-hydroxylation sites is 1. The quantitative estimate of drug-likeness (QED) is 0.401. The maximum absolute atomic E-state index is 13.1. The van der Waals surface area contributed by atoms with Crippen LogP contribution in [0.25, 0.3) is 10.9 Å². The lowest BCUT2D eigenvalue weighted by molar-refractivity contribution is 0.103. The van der Waals surface area contributed by atoms with Crippen molar-refractivity contribution in [3.8, 4) is 0 Å². The summed E-state index contributed by atoms with van der Waals surface area (Å²) in [7, 11) is 0. The number of rotatable bonds is 7. The molecular formula is C22H25NO. The van der Waals surface area contributed by atoms with E-state index in [-0.39, 0.29) is 5.78 Å². The van der Waals surface area contributed by atoms with Gasteiger partial charge in [0.2, 0.25) is 0 Å². The molecule has 3 aromatic rings. The van der Waals surface area contributed by atoms with E-state index in [2.05, 4.69) is 23.6 Å². The molecule has 0 bridgehead atoms. The first-order valence-electron chi connectivity index (χ1n) is 8.90. The van der Waals surface area contributed by atoms with Gasteiger partial charge in [0.15, 0.2) is 5.78 Å². The van der Waals surface area contributed by atoms with Crippen molar-refractivity contribution in [2.24, 2.45) is 0 Å². The molecule has 0 fully saturated rings. The zero-order chi connectivity index (χ0) is 16.9. The fourth-order valence-corrected chi connectivity index (χ4v) is 3.29. The van der Waals surface area contributed by atoms with Gasteiger partial charge >= 0.3 is 0 Å². The molecule has 0 saturated heterocycles. The lowest BCUT2D eigenvalue weighted by atomic mass is 9.99. The average Bonchev–Trinajstić information content (AvgIpc) is 2.98. The summed E-state index contributed by atoms with van der Waals surface area (Å²) in [4.78, 5) is 13.1. The summed E-state index contributed by atoms with van der Waals surface area (Å²) in [6.07, 6.45) is 6.96. The summed E-state index contributed by atoms with van der Waals surface area (Å²) in [6, 6.07) is 16.1. The number of nitrogens with zero attached hydrogens (tertiary/aromatic N) is 1. The van der Waals surface area contributed by atoms with Crippen LogP contribution in [0.3, 0.4) is 0 Å². The van der Waals surface area contributed by atoms with Crippen LogP contribution in [0.5, 0.6) is 0 Å². The maximum atomic E-state index is 13.1. The van der Waals surface area contributed by atoms with E-state index in [1.54, 1.807) is 0 Å². The number of carbonyl (C=O) groups is 1. The molecule has 0 aliphatic carbocycles. The van der Waals surface area contributed by atoms with Gasteiger partial charge in [-0.05, 0) is 25.0 Å². The molecule has 1 heterocycles. The van der Waals surface area contributed by atoms with Crippen LogP contribution >= 0.6 is 0 Å². The molecule has 1 aromatic heterocycles. The zero-order valence-electron chi connectivity index (χ0n) is 14.6. The molecule has 0 unspecified atom stereocenters. The van der Waals surface area contributed by atoms with Gasteiger partial charge in [0, 0.05) is 34.8 Å². The van der Waals surface area contributed by atoms with E-state index in [1.807, 2.05) is 49.5 Å². The van der Waals surface area contributed by atoms with E-state index >= 15 is 0 Å². The van der Waals surface area contributed by atoms with E-state index < -0.39 is 0 Å². The van der Waals surface area contributed by atoms with Gasteiger partial charge in [0.25, 0.3) is 0 Å². The first-order chi connectivity index (χ1) is 11.7. The van der Waals surface area contributed by atoms with Gasteiger partial charge in [-0.1, -0.05) is 68.7 Å². The maximum Gasteiger partial charge on any atom is 0.195 e. The SMILES string of the molecule is CCCCCCn1cc(C(=O)c2ccccc2C)c2ccccc21. The Morgan fingerprint density at radius 1 is 0.917 bits per heavy atom. The van der Waals surface area contributed by atoms with Gasteiger partial charge in [0.1, 0.15) is 0 Å². The number of unbranched alkanes of at least 4 members (excludes halogenated alkanes) is 3. The molecule has 2 aromatic carbocycles. The standard InChI is InChI=1S/C22H25NO/c1-3-4-5-10-15-23-16-20(19-13-8-9-14-21(19)23)22(24)18-12-7-6-11-17(18)2/h6-9,11-14,16H,3-5,10,15H2,1-2H3. The number of carbonyl (C=O) groups excluding carboxylic acids is 1. The third-order valence-corrected chi connectivity index (χ3v) is 4.68. The minimum atomic E-state index is 0.122. The third-order valence-electron chi connectivity index (χ3n) is 4.68. The lowest BCUT2D eigenvalue weighted by Gasteiger charge is -2.04. The first-order valence-corrected chi connectivity index (χ1v) is 8.90. The van der Waals surface area contributed by atoms with Gasteiger partial charge in [-0.25, -0.2) is 0 Å². The molecule has 0 spiro atoms. The van der Waals surface area contributed by atoms with Crippen LogP contribution in [0.1, 0.15) is 54.1 Å². The minimum absolute atomic E-state index is 0.122. The summed E-state index contributed by atoms with van der Waals surface area (Å²) in [5.74, 6) is 0.122. The summed E-state index contributed by atoms with van der Waals surface area (Å²) in [6.45, 7) is 5.20. The van der Waals surface area contributed by atoms with Crippen molar-refractivity contribution in [1.29, 1.82) is 0 Å². The molecule has 0 radical (unpaired) electrons. The molecule has 0 saturated carbocycles. The van der Waals surface area contributed by atoms with Crippen LogP contribution in [-0.2, 0) is 6.54 Å². The Labute approximate surface area is 144 Å². The summed E-state index contributed by atoms with van der Waals surface area (Å²) >= 11 is 0. The number of aryl methyl sites for hydroxylation is 2. The predicted molar refractivity (Wildman–Crippen MR) is 101 cm³/mol. The van der Waals surface area contributed by atoms with Crippen molar-refractivity contribution >= 4 is 16.7 Å². The zero-order valence-corrected chi connectivity index (χ0v) is 14.6. The first kappa shape index (κ1) is 16.5. The Morgan fingerprint density at radius 2 is 1.67 bits per heavy atom. The van der Waals surface area contributed by atoms with Crippen LogP contribution in [-0.4, -0.2) is 10.4 Å². The molecule has 0 atom stereocenters. The van der Waals surface area contributed by atoms with Gasteiger partial charge < -0.3 is 4.57 Å². The van der Waals surface area contributed by atoms with Crippen molar-refractivity contribution < 1.29 is 4.79 Å². The summed E-state index contributed by atoms with van der Waals surface area (Å²) < 4.78 is 2.25. The molecule has 2 heteroatoms. The largest absolute Gasteiger partial charge is 0.347 e. The Hall–Kier alpha value is -2.35. The van der Waals surface area contributed by atoms with E-state index in [9.17, 15) is 4.79 Å². The van der Waals surface area contributed by atoms with Crippen molar-refractivity contribution in [1.82, 2.24) is 4.57 Å². The van der Waals surface area contributed by atoms with Gasteiger partial charge in [-0.3, -0.25) is 4.79 Å². The second-order valence-electron chi connectivity index (χ2n) is 6.46. The van der Waals surface area contributed by atoms with Crippen LogP contribution in [0.2, 0.25) is 0 Å². The smallest absolute Gasteiger partial charge is 0.195 e. The number of ketones is 1. The number of benzene rings is 2. The molecule has 0 aliphatic heterocycles. The molecule has 3 rings (SSSR count). The van der Waals surface area contributed by atoms with Crippen molar-refractivity contribution in [3.63, 3.8) is 0 Å². The van der Waals surface area contributed by atoms with Crippen molar-refractivity contribution in [2.45, 2.75) is 46.1 Å². The molecule has 0 N–H and O–H groups in total. The van der Waals surface area contributed by atoms with Gasteiger partial charge in [0.05, 0.1) is 0 Å². The number of aromatic nitrogens is 1. The lowest BCUT2D eigenvalue weighted by Crippen LogP contribution is -2.03. The van der Waals surface area contributed by atoms with Crippen LogP contribution in [0.15, 0.2) is 54.7 Å². The van der Waals surface area contributed by atoms with Crippen LogP contribution in [0.4, 0.5) is 0 Å². The molecule has 0 aliphatic rings. The molecule has 0 amide bonds. The topological polar surface area (TPSA) is 22.0 Å². The van der Waals surface area contributed by atoms with Crippen molar-refractivity contribution in [2.75, 3.05) is 0 Å². The highest BCUT2D eigenvalue weighted by molar-refractivity contribution is 6.17. The monoisotopic (exact) mass is 319 g/mol. The van der Waals surface area contributed by atoms with Crippen LogP contribution in [0, 0.1) is 6.92 Å². The summed E-state index contributed by atoms with van der Waals surface area (Å²) in [5.41, 5.74) is 3.80. The Balaban J connectivity index is 1.96. The molecule has 124 valence electrons. The van der Waals surface area contributed by atoms with Crippen LogP contribution < -0.4 is 0 Å². The predicted octanol–water partition coefficient (Wildman–Crippen LogP) is 5.76. The summed E-state index contributed by atoms with van der Waals surface area (Å²) in [5, 5.41) is 1.06. The molecular weight excluding hydrogens is 294 g/mol. The normalized spacial score (nSPS) is 11.1. The minimum Gasteiger partial charge on any atom is -0.347 e. The number of hydrogen-bond acceptors (Lipinski definition) is 1. The molecule has 2 nitrogen and oxygen atoms in total. The Morgan fingerprint density at radius 3 is 2.46 bits per heavy atom. The van der Waals surface area contributed by atoms with Crippen molar-refractivity contribution in [3.05, 3.63) is 71.4 Å². The number of fused-ring (bicyclic) bond motifs is 1. The van der Waals surface area contributed by atoms with E-state index in [0.29, 0.717) is 0 Å². The van der Waals surface area contributed by atoms with E-state index in [1.165, 1.54) is 19.3 Å². The highest BCUT2D eigenvalue weighted by atomic mass is 16.1.